The summed E-state index contributed by atoms with van der Waals surface area (Å²) in [5.41, 5.74) is 1.38. The number of carbonyl (C=O) groups excluding carboxylic acids is 1. The van der Waals surface area contributed by atoms with E-state index in [1.54, 1.807) is 13.8 Å². The standard InChI is InChI=1S/C13H22N2O3/c1-9(2)11(12(16)17)15-13(18)14-8-7-10-5-3-4-6-10/h5,9,11H,3-4,6-8H2,1-2H3,(H,16,17)(H2,14,15,18). The van der Waals surface area contributed by atoms with E-state index < -0.39 is 18.0 Å². The number of carbonyl (C=O) groups is 2. The van der Waals surface area contributed by atoms with Crippen LogP contribution in [0.1, 0.15) is 39.5 Å². The van der Waals surface area contributed by atoms with Crippen molar-refractivity contribution in [2.45, 2.75) is 45.6 Å². The molecule has 5 heteroatoms. The van der Waals surface area contributed by atoms with E-state index in [4.69, 9.17) is 5.11 Å². The first kappa shape index (κ1) is 14.5. The maximum Gasteiger partial charge on any atom is 0.326 e. The molecule has 5 nitrogen and oxygen atoms in total. The van der Waals surface area contributed by atoms with Gasteiger partial charge >= 0.3 is 12.0 Å². The molecule has 2 amide bonds. The smallest absolute Gasteiger partial charge is 0.326 e. The molecular formula is C13H22N2O3. The molecule has 0 aromatic rings. The van der Waals surface area contributed by atoms with Crippen LogP contribution in [0.25, 0.3) is 0 Å². The van der Waals surface area contributed by atoms with Crippen LogP contribution in [-0.2, 0) is 4.79 Å². The van der Waals surface area contributed by atoms with Crippen molar-refractivity contribution < 1.29 is 14.7 Å². The molecule has 0 aromatic heterocycles. The molecule has 0 radical (unpaired) electrons. The second-order valence-corrected chi connectivity index (χ2v) is 4.96. The van der Waals surface area contributed by atoms with Gasteiger partial charge in [0.25, 0.3) is 0 Å². The minimum absolute atomic E-state index is 0.134. The van der Waals surface area contributed by atoms with E-state index in [-0.39, 0.29) is 5.92 Å². The highest BCUT2D eigenvalue weighted by atomic mass is 16.4. The number of amides is 2. The molecule has 0 heterocycles. The predicted molar refractivity (Wildman–Crippen MR) is 69.3 cm³/mol. The van der Waals surface area contributed by atoms with E-state index in [0.717, 1.165) is 19.3 Å². The molecule has 1 aliphatic rings. The van der Waals surface area contributed by atoms with Crippen LogP contribution in [0, 0.1) is 5.92 Å². The van der Waals surface area contributed by atoms with Gasteiger partial charge in [0.1, 0.15) is 6.04 Å². The van der Waals surface area contributed by atoms with Gasteiger partial charge in [-0.2, -0.15) is 0 Å². The number of urea groups is 1. The third-order valence-electron chi connectivity index (χ3n) is 3.09. The van der Waals surface area contributed by atoms with Gasteiger partial charge < -0.3 is 15.7 Å². The molecule has 0 bridgehead atoms. The van der Waals surface area contributed by atoms with Crippen molar-refractivity contribution in [2.75, 3.05) is 6.54 Å². The zero-order chi connectivity index (χ0) is 13.5. The summed E-state index contributed by atoms with van der Waals surface area (Å²) in [5.74, 6) is -1.13. The Hall–Kier alpha value is -1.52. The Bertz CT molecular complexity index is 337. The van der Waals surface area contributed by atoms with Crippen LogP contribution in [0.4, 0.5) is 4.79 Å². The molecule has 102 valence electrons. The van der Waals surface area contributed by atoms with Crippen molar-refractivity contribution >= 4 is 12.0 Å². The van der Waals surface area contributed by atoms with Gasteiger partial charge in [-0.3, -0.25) is 0 Å². The lowest BCUT2D eigenvalue weighted by Gasteiger charge is -2.18. The second-order valence-electron chi connectivity index (χ2n) is 4.96. The third-order valence-corrected chi connectivity index (χ3v) is 3.09. The minimum Gasteiger partial charge on any atom is -0.480 e. The van der Waals surface area contributed by atoms with Crippen LogP contribution in [0.2, 0.25) is 0 Å². The van der Waals surface area contributed by atoms with Gasteiger partial charge in [-0.15, -0.1) is 0 Å². The first-order chi connectivity index (χ1) is 8.50. The fourth-order valence-corrected chi connectivity index (χ4v) is 2.01. The zero-order valence-electron chi connectivity index (χ0n) is 11.0. The summed E-state index contributed by atoms with van der Waals surface area (Å²) in [6.45, 7) is 4.09. The second kappa shape index (κ2) is 7.03. The maximum absolute atomic E-state index is 11.5. The zero-order valence-corrected chi connectivity index (χ0v) is 11.0. The van der Waals surface area contributed by atoms with Gasteiger partial charge in [0.2, 0.25) is 0 Å². The Labute approximate surface area is 108 Å². The minimum atomic E-state index is -1.00. The van der Waals surface area contributed by atoms with Gasteiger partial charge in [0.15, 0.2) is 0 Å². The van der Waals surface area contributed by atoms with Crippen molar-refractivity contribution in [1.82, 2.24) is 10.6 Å². The van der Waals surface area contributed by atoms with E-state index in [1.165, 1.54) is 12.0 Å². The normalized spacial score (nSPS) is 16.3. The van der Waals surface area contributed by atoms with Crippen molar-refractivity contribution in [3.8, 4) is 0 Å². The van der Waals surface area contributed by atoms with Crippen molar-refractivity contribution in [2.24, 2.45) is 5.92 Å². The predicted octanol–water partition coefficient (Wildman–Crippen LogP) is 1.90. The average molecular weight is 254 g/mol. The molecule has 0 aromatic carbocycles. The number of carboxylic acid groups (broad SMARTS) is 1. The SMILES string of the molecule is CC(C)C(NC(=O)NCCC1=CCCC1)C(=O)O. The Morgan fingerprint density at radius 2 is 2.17 bits per heavy atom. The Morgan fingerprint density at radius 1 is 1.44 bits per heavy atom. The Morgan fingerprint density at radius 3 is 2.67 bits per heavy atom. The fourth-order valence-electron chi connectivity index (χ4n) is 2.01. The number of allylic oxidation sites excluding steroid dienone is 1. The van der Waals surface area contributed by atoms with E-state index in [2.05, 4.69) is 16.7 Å². The maximum atomic E-state index is 11.5. The summed E-state index contributed by atoms with van der Waals surface area (Å²) in [5, 5.41) is 14.1. The van der Waals surface area contributed by atoms with Crippen LogP contribution < -0.4 is 10.6 Å². The van der Waals surface area contributed by atoms with Gasteiger partial charge in [0, 0.05) is 6.54 Å². The number of hydrogen-bond acceptors (Lipinski definition) is 2. The van der Waals surface area contributed by atoms with Crippen LogP contribution >= 0.6 is 0 Å². The third kappa shape index (κ3) is 4.77. The Balaban J connectivity index is 2.25. The van der Waals surface area contributed by atoms with Gasteiger partial charge in [-0.25, -0.2) is 9.59 Å². The highest BCUT2D eigenvalue weighted by Crippen LogP contribution is 2.19. The van der Waals surface area contributed by atoms with Crippen molar-refractivity contribution in [3.63, 3.8) is 0 Å². The number of nitrogens with one attached hydrogen (secondary N) is 2. The topological polar surface area (TPSA) is 78.4 Å². The summed E-state index contributed by atoms with van der Waals surface area (Å²) in [7, 11) is 0. The highest BCUT2D eigenvalue weighted by Gasteiger charge is 2.23. The molecule has 0 spiro atoms. The monoisotopic (exact) mass is 254 g/mol. The van der Waals surface area contributed by atoms with Crippen LogP contribution in [0.5, 0.6) is 0 Å². The molecule has 3 N–H and O–H groups in total. The molecular weight excluding hydrogens is 232 g/mol. The lowest BCUT2D eigenvalue weighted by atomic mass is 10.1. The quantitative estimate of drug-likeness (QED) is 0.633. The molecule has 1 rings (SSSR count). The number of carboxylic acids is 1. The lowest BCUT2D eigenvalue weighted by molar-refractivity contribution is -0.140. The van der Waals surface area contributed by atoms with Crippen molar-refractivity contribution in [1.29, 1.82) is 0 Å². The van der Waals surface area contributed by atoms with E-state index in [0.29, 0.717) is 6.54 Å². The fraction of sp³-hybridized carbons (Fsp3) is 0.692. The molecule has 1 aliphatic carbocycles. The van der Waals surface area contributed by atoms with E-state index >= 15 is 0 Å². The molecule has 0 saturated carbocycles. The largest absolute Gasteiger partial charge is 0.480 e. The summed E-state index contributed by atoms with van der Waals surface area (Å²) < 4.78 is 0. The number of hydrogen-bond donors (Lipinski definition) is 3. The summed E-state index contributed by atoms with van der Waals surface area (Å²) in [6, 6.07) is -1.25. The van der Waals surface area contributed by atoms with E-state index in [1.807, 2.05) is 0 Å². The lowest BCUT2D eigenvalue weighted by Crippen LogP contribution is -2.48. The number of aliphatic carboxylic acids is 1. The van der Waals surface area contributed by atoms with Crippen LogP contribution in [0.3, 0.4) is 0 Å². The average Bonchev–Trinajstić information content (AvgIpc) is 2.78. The molecule has 0 fully saturated rings. The van der Waals surface area contributed by atoms with Gasteiger partial charge in [-0.1, -0.05) is 25.5 Å². The Kier molecular flexibility index (Phi) is 5.68. The molecule has 0 saturated heterocycles. The molecule has 1 unspecified atom stereocenters. The first-order valence-electron chi connectivity index (χ1n) is 6.45. The molecule has 1 atom stereocenters. The van der Waals surface area contributed by atoms with Gasteiger partial charge in [-0.05, 0) is 31.6 Å². The van der Waals surface area contributed by atoms with Crippen molar-refractivity contribution in [3.05, 3.63) is 11.6 Å². The van der Waals surface area contributed by atoms with E-state index in [9.17, 15) is 9.59 Å². The summed E-state index contributed by atoms with van der Waals surface area (Å²) in [6.07, 6.45) is 6.53. The number of rotatable bonds is 6. The highest BCUT2D eigenvalue weighted by molar-refractivity contribution is 5.82. The van der Waals surface area contributed by atoms with Crippen LogP contribution in [-0.4, -0.2) is 29.7 Å². The summed E-state index contributed by atoms with van der Waals surface area (Å²) >= 11 is 0. The summed E-state index contributed by atoms with van der Waals surface area (Å²) in [4.78, 5) is 22.4. The van der Waals surface area contributed by atoms with Crippen LogP contribution in [0.15, 0.2) is 11.6 Å². The first-order valence-corrected chi connectivity index (χ1v) is 6.45. The molecule has 0 aliphatic heterocycles. The van der Waals surface area contributed by atoms with Gasteiger partial charge in [0.05, 0.1) is 0 Å². The molecule has 18 heavy (non-hydrogen) atoms.